The molecule has 4 heteroatoms. The van der Waals surface area contributed by atoms with E-state index in [2.05, 4.69) is 23.5 Å². The van der Waals surface area contributed by atoms with Gasteiger partial charge in [-0.15, -0.1) is 11.8 Å². The predicted molar refractivity (Wildman–Crippen MR) is 102 cm³/mol. The Morgan fingerprint density at radius 1 is 1.04 bits per heavy atom. The van der Waals surface area contributed by atoms with Crippen LogP contribution in [0.2, 0.25) is 0 Å². The van der Waals surface area contributed by atoms with Crippen molar-refractivity contribution >= 4 is 28.4 Å². The number of fused-ring (bicyclic) bond motifs is 2. The average Bonchev–Trinajstić information content (AvgIpc) is 2.66. The molecule has 1 heterocycles. The third-order valence-corrected chi connectivity index (χ3v) is 5.51. The number of carbonyl (C=O) groups is 1. The number of hydrogen-bond acceptors (Lipinski definition) is 3. The second-order valence-corrected chi connectivity index (χ2v) is 7.23. The summed E-state index contributed by atoms with van der Waals surface area (Å²) >= 11 is 1.85. The molecule has 0 saturated carbocycles. The molecule has 3 aromatic rings. The number of carbonyl (C=O) groups excluding carboxylic acids is 1. The Labute approximate surface area is 151 Å². The van der Waals surface area contributed by atoms with Crippen LogP contribution in [0, 0.1) is 0 Å². The molecule has 0 saturated heterocycles. The van der Waals surface area contributed by atoms with Crippen molar-refractivity contribution in [2.24, 2.45) is 0 Å². The van der Waals surface area contributed by atoms with Gasteiger partial charge in [0.15, 0.2) is 6.61 Å². The first-order chi connectivity index (χ1) is 12.3. The smallest absolute Gasteiger partial charge is 0.258 e. The van der Waals surface area contributed by atoms with E-state index in [1.54, 1.807) is 0 Å². The number of amides is 1. The highest BCUT2D eigenvalue weighted by Crippen LogP contribution is 2.35. The Balaban J connectivity index is 1.39. The van der Waals surface area contributed by atoms with Crippen LogP contribution in [0.3, 0.4) is 0 Å². The maximum Gasteiger partial charge on any atom is 0.258 e. The molecule has 1 aliphatic rings. The fourth-order valence-corrected chi connectivity index (χ4v) is 4.26. The van der Waals surface area contributed by atoms with E-state index in [1.807, 2.05) is 60.3 Å². The Kier molecular flexibility index (Phi) is 4.61. The largest absolute Gasteiger partial charge is 0.484 e. The molecular weight excluding hydrogens is 330 g/mol. The lowest BCUT2D eigenvalue weighted by Crippen LogP contribution is -2.34. The van der Waals surface area contributed by atoms with Gasteiger partial charge in [-0.3, -0.25) is 4.79 Å². The highest BCUT2D eigenvalue weighted by molar-refractivity contribution is 7.99. The third-order valence-electron chi connectivity index (χ3n) is 4.38. The van der Waals surface area contributed by atoms with Crippen LogP contribution in [0.1, 0.15) is 18.0 Å². The third kappa shape index (κ3) is 3.64. The zero-order valence-corrected chi connectivity index (χ0v) is 14.6. The van der Waals surface area contributed by atoms with E-state index in [4.69, 9.17) is 4.74 Å². The summed E-state index contributed by atoms with van der Waals surface area (Å²) in [5.41, 5.74) is 1.21. The summed E-state index contributed by atoms with van der Waals surface area (Å²) in [4.78, 5) is 13.6. The Morgan fingerprint density at radius 2 is 1.84 bits per heavy atom. The normalized spacial score (nSPS) is 16.2. The maximum absolute atomic E-state index is 12.3. The molecule has 0 unspecified atom stereocenters. The highest BCUT2D eigenvalue weighted by Gasteiger charge is 2.21. The number of hydrogen-bond donors (Lipinski definition) is 1. The summed E-state index contributed by atoms with van der Waals surface area (Å²) in [6, 6.07) is 22.3. The molecule has 126 valence electrons. The van der Waals surface area contributed by atoms with Crippen molar-refractivity contribution < 1.29 is 9.53 Å². The van der Waals surface area contributed by atoms with Crippen molar-refractivity contribution in [1.29, 1.82) is 0 Å². The number of nitrogens with one attached hydrogen (secondary N) is 1. The quantitative estimate of drug-likeness (QED) is 0.750. The van der Waals surface area contributed by atoms with Crippen LogP contribution in [0.25, 0.3) is 10.8 Å². The van der Waals surface area contributed by atoms with Crippen molar-refractivity contribution in [1.82, 2.24) is 5.32 Å². The lowest BCUT2D eigenvalue weighted by atomic mass is 10.0. The van der Waals surface area contributed by atoms with Crippen molar-refractivity contribution in [3.05, 3.63) is 72.3 Å². The molecule has 3 aromatic carbocycles. The van der Waals surface area contributed by atoms with E-state index in [1.165, 1.54) is 10.5 Å². The minimum absolute atomic E-state index is 0.0319. The molecular formula is C21H19NO2S. The summed E-state index contributed by atoms with van der Waals surface area (Å²) in [5.74, 6) is 1.65. The van der Waals surface area contributed by atoms with Crippen LogP contribution in [0.15, 0.2) is 71.6 Å². The van der Waals surface area contributed by atoms with E-state index in [9.17, 15) is 4.79 Å². The second kappa shape index (κ2) is 7.19. The first-order valence-electron chi connectivity index (χ1n) is 8.42. The summed E-state index contributed by atoms with van der Waals surface area (Å²) in [5, 5.41) is 5.38. The van der Waals surface area contributed by atoms with E-state index in [-0.39, 0.29) is 18.6 Å². The zero-order valence-electron chi connectivity index (χ0n) is 13.8. The molecule has 0 bridgehead atoms. The van der Waals surface area contributed by atoms with Crippen LogP contribution >= 0.6 is 11.8 Å². The fourth-order valence-electron chi connectivity index (χ4n) is 3.13. The van der Waals surface area contributed by atoms with Crippen LogP contribution in [-0.2, 0) is 4.79 Å². The van der Waals surface area contributed by atoms with Gasteiger partial charge in [0.25, 0.3) is 5.91 Å². The Hall–Kier alpha value is -2.46. The highest BCUT2D eigenvalue weighted by atomic mass is 32.2. The van der Waals surface area contributed by atoms with Crippen molar-refractivity contribution in [2.75, 3.05) is 12.4 Å². The molecule has 0 fully saturated rings. The number of thioether (sulfide) groups is 1. The maximum atomic E-state index is 12.3. The molecule has 1 atom stereocenters. The lowest BCUT2D eigenvalue weighted by molar-refractivity contribution is -0.123. The number of benzene rings is 3. The van der Waals surface area contributed by atoms with E-state index >= 15 is 0 Å². The second-order valence-electron chi connectivity index (χ2n) is 6.09. The first-order valence-corrected chi connectivity index (χ1v) is 9.41. The topological polar surface area (TPSA) is 38.3 Å². The molecule has 25 heavy (non-hydrogen) atoms. The van der Waals surface area contributed by atoms with Gasteiger partial charge in [0, 0.05) is 10.6 Å². The number of ether oxygens (including phenoxy) is 1. The summed E-state index contributed by atoms with van der Waals surface area (Å²) in [6.45, 7) is 0.0319. The summed E-state index contributed by atoms with van der Waals surface area (Å²) in [7, 11) is 0. The molecule has 0 spiro atoms. The van der Waals surface area contributed by atoms with Crippen molar-refractivity contribution in [2.45, 2.75) is 17.4 Å². The Bertz CT molecular complexity index is 909. The SMILES string of the molecule is O=C(COc1ccc2ccccc2c1)N[C@@H]1CCSc2ccccc21. The molecule has 3 nitrogen and oxygen atoms in total. The number of rotatable bonds is 4. The van der Waals surface area contributed by atoms with Gasteiger partial charge >= 0.3 is 0 Å². The molecule has 0 aliphatic carbocycles. The molecule has 0 radical (unpaired) electrons. The average molecular weight is 349 g/mol. The monoisotopic (exact) mass is 349 g/mol. The van der Waals surface area contributed by atoms with Gasteiger partial charge < -0.3 is 10.1 Å². The predicted octanol–water partition coefficient (Wildman–Crippen LogP) is 4.57. The molecule has 4 rings (SSSR count). The molecule has 1 amide bonds. The summed E-state index contributed by atoms with van der Waals surface area (Å²) in [6.07, 6.45) is 0.948. The molecule has 0 aromatic heterocycles. The first kappa shape index (κ1) is 16.0. The van der Waals surface area contributed by atoms with Gasteiger partial charge in [0.1, 0.15) is 5.75 Å². The molecule has 1 aliphatic heterocycles. The van der Waals surface area contributed by atoms with Crippen LogP contribution in [0.5, 0.6) is 5.75 Å². The zero-order chi connectivity index (χ0) is 17.1. The van der Waals surface area contributed by atoms with Crippen molar-refractivity contribution in [3.63, 3.8) is 0 Å². The van der Waals surface area contributed by atoms with Crippen LogP contribution < -0.4 is 10.1 Å². The van der Waals surface area contributed by atoms with Crippen LogP contribution in [-0.4, -0.2) is 18.3 Å². The van der Waals surface area contributed by atoms with Crippen LogP contribution in [0.4, 0.5) is 0 Å². The lowest BCUT2D eigenvalue weighted by Gasteiger charge is -2.25. The summed E-state index contributed by atoms with van der Waals surface area (Å²) < 4.78 is 5.69. The van der Waals surface area contributed by atoms with Gasteiger partial charge in [0.05, 0.1) is 6.04 Å². The van der Waals surface area contributed by atoms with Gasteiger partial charge in [-0.2, -0.15) is 0 Å². The minimum Gasteiger partial charge on any atom is -0.484 e. The Morgan fingerprint density at radius 3 is 2.76 bits per heavy atom. The van der Waals surface area contributed by atoms with Gasteiger partial charge in [-0.1, -0.05) is 48.5 Å². The minimum atomic E-state index is -0.0835. The van der Waals surface area contributed by atoms with Gasteiger partial charge in [0.2, 0.25) is 0 Å². The molecule has 1 N–H and O–H groups in total. The van der Waals surface area contributed by atoms with Crippen molar-refractivity contribution in [3.8, 4) is 5.75 Å². The van der Waals surface area contributed by atoms with E-state index in [0.29, 0.717) is 5.75 Å². The fraction of sp³-hybridized carbons (Fsp3) is 0.190. The van der Waals surface area contributed by atoms with E-state index < -0.39 is 0 Å². The van der Waals surface area contributed by atoms with Gasteiger partial charge in [-0.25, -0.2) is 0 Å². The standard InChI is InChI=1S/C21H19NO2S/c23-21(22-19-11-12-25-20-8-4-3-7-18(19)20)14-24-17-10-9-15-5-1-2-6-16(15)13-17/h1-10,13,19H,11-12,14H2,(H,22,23)/t19-/m1/s1. The van der Waals surface area contributed by atoms with E-state index in [0.717, 1.165) is 22.9 Å². The van der Waals surface area contributed by atoms with Gasteiger partial charge in [-0.05, 0) is 41.0 Å².